The van der Waals surface area contributed by atoms with Crippen molar-refractivity contribution in [2.24, 2.45) is 0 Å². The zero-order chi connectivity index (χ0) is 18.3. The van der Waals surface area contributed by atoms with Gasteiger partial charge in [-0.2, -0.15) is 0 Å². The van der Waals surface area contributed by atoms with Gasteiger partial charge in [-0.05, 0) is 50.2 Å². The number of carbonyl (C=O) groups is 1. The summed E-state index contributed by atoms with van der Waals surface area (Å²) >= 11 is 1.62. The van der Waals surface area contributed by atoms with Crippen molar-refractivity contribution >= 4 is 33.4 Å². The second-order valence-corrected chi connectivity index (χ2v) is 8.64. The fourth-order valence-corrected chi connectivity index (χ4v) is 4.22. The Morgan fingerprint density at radius 2 is 1.68 bits per heavy atom. The van der Waals surface area contributed by atoms with Crippen LogP contribution in [0.1, 0.15) is 20.3 Å². The first-order chi connectivity index (χ1) is 11.9. The second-order valence-electron chi connectivity index (χ2n) is 5.76. The lowest BCUT2D eigenvalue weighted by atomic mass is 10.3. The maximum absolute atomic E-state index is 12.1. The number of thioether (sulfide) groups is 1. The Kier molecular flexibility index (Phi) is 7.04. The third-order valence-corrected chi connectivity index (χ3v) is 5.87. The highest BCUT2D eigenvalue weighted by atomic mass is 32.2. The molecule has 25 heavy (non-hydrogen) atoms. The van der Waals surface area contributed by atoms with Gasteiger partial charge < -0.3 is 5.32 Å². The number of anilines is 1. The summed E-state index contributed by atoms with van der Waals surface area (Å²) in [5, 5.41) is 2.78. The van der Waals surface area contributed by atoms with Crippen molar-refractivity contribution in [2.75, 3.05) is 11.1 Å². The largest absolute Gasteiger partial charge is 0.326 e. The quantitative estimate of drug-likeness (QED) is 0.690. The molecule has 0 aliphatic rings. The number of hydrogen-bond donors (Lipinski definition) is 2. The molecule has 0 fully saturated rings. The molecule has 0 aromatic heterocycles. The van der Waals surface area contributed by atoms with Crippen molar-refractivity contribution < 1.29 is 13.2 Å². The molecule has 0 bridgehead atoms. The Hall–Kier alpha value is -1.83. The Balaban J connectivity index is 1.85. The predicted octanol–water partition coefficient (Wildman–Crippen LogP) is 3.49. The fraction of sp³-hybridized carbons (Fsp3) is 0.278. The van der Waals surface area contributed by atoms with E-state index in [2.05, 4.69) is 10.0 Å². The molecule has 0 saturated carbocycles. The van der Waals surface area contributed by atoms with E-state index in [1.54, 1.807) is 37.7 Å². The highest BCUT2D eigenvalue weighted by Gasteiger charge is 2.15. The lowest BCUT2D eigenvalue weighted by molar-refractivity contribution is -0.115. The summed E-state index contributed by atoms with van der Waals surface area (Å²) in [6, 6.07) is 15.9. The summed E-state index contributed by atoms with van der Waals surface area (Å²) in [5.41, 5.74) is 0.582. The molecule has 2 aromatic carbocycles. The van der Waals surface area contributed by atoms with Crippen molar-refractivity contribution in [3.63, 3.8) is 0 Å². The summed E-state index contributed by atoms with van der Waals surface area (Å²) in [4.78, 5) is 13.3. The number of benzene rings is 2. The first-order valence-electron chi connectivity index (χ1n) is 7.97. The Bertz CT molecular complexity index is 789. The van der Waals surface area contributed by atoms with Gasteiger partial charge in [0.15, 0.2) is 0 Å². The molecular formula is C18H22N2O3S2. The molecule has 0 atom stereocenters. The van der Waals surface area contributed by atoms with Crippen LogP contribution < -0.4 is 10.0 Å². The van der Waals surface area contributed by atoms with Crippen molar-refractivity contribution in [1.29, 1.82) is 0 Å². The Labute approximate surface area is 153 Å². The minimum Gasteiger partial charge on any atom is -0.326 e. The van der Waals surface area contributed by atoms with Crippen molar-refractivity contribution in [1.82, 2.24) is 4.72 Å². The lowest BCUT2D eigenvalue weighted by Crippen LogP contribution is -2.30. The zero-order valence-corrected chi connectivity index (χ0v) is 15.9. The monoisotopic (exact) mass is 378 g/mol. The van der Waals surface area contributed by atoms with E-state index in [1.165, 1.54) is 12.1 Å². The summed E-state index contributed by atoms with van der Waals surface area (Å²) in [5.74, 6) is 0.583. The van der Waals surface area contributed by atoms with Gasteiger partial charge in [-0.15, -0.1) is 11.8 Å². The van der Waals surface area contributed by atoms with Crippen LogP contribution in [0.4, 0.5) is 5.69 Å². The molecule has 0 saturated heterocycles. The van der Waals surface area contributed by atoms with Gasteiger partial charge in [0.2, 0.25) is 15.9 Å². The number of carbonyl (C=O) groups excluding carboxylic acids is 1. The molecule has 0 aliphatic heterocycles. The number of rotatable bonds is 8. The summed E-state index contributed by atoms with van der Waals surface area (Å²) in [6.07, 6.45) is 0.383. The highest BCUT2D eigenvalue weighted by molar-refractivity contribution is 7.99. The van der Waals surface area contributed by atoms with E-state index in [9.17, 15) is 13.2 Å². The van der Waals surface area contributed by atoms with Crippen LogP contribution in [0.5, 0.6) is 0 Å². The summed E-state index contributed by atoms with van der Waals surface area (Å²) in [7, 11) is -3.52. The van der Waals surface area contributed by atoms with Crippen molar-refractivity contribution in [3.8, 4) is 0 Å². The van der Waals surface area contributed by atoms with Crippen LogP contribution >= 0.6 is 11.8 Å². The molecule has 1 amide bonds. The minimum absolute atomic E-state index is 0.0978. The SMILES string of the molecule is CC(C)NS(=O)(=O)c1ccc(NC(=O)CCSc2ccccc2)cc1. The summed E-state index contributed by atoms with van der Waals surface area (Å²) in [6.45, 7) is 3.53. The topological polar surface area (TPSA) is 75.3 Å². The number of nitrogens with one attached hydrogen (secondary N) is 2. The predicted molar refractivity (Wildman–Crippen MR) is 102 cm³/mol. The normalized spacial score (nSPS) is 11.5. The molecule has 0 aliphatic carbocycles. The molecule has 0 unspecified atom stereocenters. The standard InChI is InChI=1S/C18H22N2O3S2/c1-14(2)20-25(22,23)17-10-8-15(9-11-17)19-18(21)12-13-24-16-6-4-3-5-7-16/h3-11,14,20H,12-13H2,1-2H3,(H,19,21). The zero-order valence-electron chi connectivity index (χ0n) is 14.2. The van der Waals surface area contributed by atoms with Gasteiger partial charge in [-0.25, -0.2) is 13.1 Å². The average Bonchev–Trinajstić information content (AvgIpc) is 2.55. The maximum Gasteiger partial charge on any atom is 0.240 e. The van der Waals surface area contributed by atoms with Gasteiger partial charge in [0.25, 0.3) is 0 Å². The molecular weight excluding hydrogens is 356 g/mol. The van der Waals surface area contributed by atoms with Crippen molar-refractivity contribution in [2.45, 2.75) is 36.1 Å². The van der Waals surface area contributed by atoms with E-state index in [4.69, 9.17) is 0 Å². The van der Waals surface area contributed by atoms with Crippen LogP contribution in [0.2, 0.25) is 0 Å². The molecule has 2 N–H and O–H groups in total. The molecule has 2 rings (SSSR count). The Morgan fingerprint density at radius 3 is 2.28 bits per heavy atom. The number of sulfonamides is 1. The van der Waals surface area contributed by atoms with Gasteiger partial charge in [0, 0.05) is 28.8 Å². The third kappa shape index (κ3) is 6.53. The molecule has 134 valence electrons. The van der Waals surface area contributed by atoms with Gasteiger partial charge >= 0.3 is 0 Å². The van der Waals surface area contributed by atoms with Crippen LogP contribution in [0.25, 0.3) is 0 Å². The number of amides is 1. The van der Waals surface area contributed by atoms with E-state index >= 15 is 0 Å². The highest BCUT2D eigenvalue weighted by Crippen LogP contribution is 2.19. The van der Waals surface area contributed by atoms with Gasteiger partial charge in [0.1, 0.15) is 0 Å². The maximum atomic E-state index is 12.1. The van der Waals surface area contributed by atoms with Gasteiger partial charge in [0.05, 0.1) is 4.90 Å². The van der Waals surface area contributed by atoms with Crippen LogP contribution in [0.3, 0.4) is 0 Å². The van der Waals surface area contributed by atoms with Crippen LogP contribution in [-0.4, -0.2) is 26.1 Å². The third-order valence-electron chi connectivity index (χ3n) is 3.18. The molecule has 7 heteroatoms. The van der Waals surface area contributed by atoms with E-state index in [0.29, 0.717) is 17.9 Å². The Morgan fingerprint density at radius 1 is 1.04 bits per heavy atom. The van der Waals surface area contributed by atoms with E-state index in [1.807, 2.05) is 30.3 Å². The summed E-state index contributed by atoms with van der Waals surface area (Å²) < 4.78 is 26.6. The van der Waals surface area contributed by atoms with Gasteiger partial charge in [-0.1, -0.05) is 18.2 Å². The first kappa shape index (κ1) is 19.5. The molecule has 0 spiro atoms. The van der Waals surface area contributed by atoms with E-state index in [0.717, 1.165) is 4.90 Å². The first-order valence-corrected chi connectivity index (χ1v) is 10.4. The number of hydrogen-bond acceptors (Lipinski definition) is 4. The average molecular weight is 379 g/mol. The van der Waals surface area contributed by atoms with E-state index in [-0.39, 0.29) is 16.8 Å². The van der Waals surface area contributed by atoms with Crippen LogP contribution in [-0.2, 0) is 14.8 Å². The second kappa shape index (κ2) is 9.03. The molecule has 0 radical (unpaired) electrons. The van der Waals surface area contributed by atoms with Crippen LogP contribution in [0, 0.1) is 0 Å². The fourth-order valence-electron chi connectivity index (χ4n) is 2.10. The minimum atomic E-state index is -3.52. The molecule has 5 nitrogen and oxygen atoms in total. The van der Waals surface area contributed by atoms with E-state index < -0.39 is 10.0 Å². The van der Waals surface area contributed by atoms with Crippen LogP contribution in [0.15, 0.2) is 64.4 Å². The van der Waals surface area contributed by atoms with Gasteiger partial charge in [-0.3, -0.25) is 4.79 Å². The lowest BCUT2D eigenvalue weighted by Gasteiger charge is -2.10. The molecule has 0 heterocycles. The molecule has 2 aromatic rings. The van der Waals surface area contributed by atoms with Crippen molar-refractivity contribution in [3.05, 3.63) is 54.6 Å². The smallest absolute Gasteiger partial charge is 0.240 e.